The number of carbonyl (C=O) groups excluding carboxylic acids is 1. The Bertz CT molecular complexity index is 549. The Balaban J connectivity index is 2.25. The fourth-order valence-electron chi connectivity index (χ4n) is 1.55. The third kappa shape index (κ3) is 2.43. The molecule has 1 aromatic carbocycles. The monoisotopic (exact) mass is 241 g/mol. The Hall–Kier alpha value is -1.92. The van der Waals surface area contributed by atoms with Crippen LogP contribution < -0.4 is 0 Å². The van der Waals surface area contributed by atoms with Crippen molar-refractivity contribution in [2.45, 2.75) is 12.8 Å². The SMILES string of the molecule is CC(C#N)c1ccc(C(=O)c2cccs2)cc1. The molecule has 0 N–H and O–H groups in total. The van der Waals surface area contributed by atoms with E-state index in [1.165, 1.54) is 11.3 Å². The van der Waals surface area contributed by atoms with E-state index in [0.29, 0.717) is 5.56 Å². The Morgan fingerprint density at radius 1 is 1.29 bits per heavy atom. The Labute approximate surface area is 104 Å². The molecule has 0 aliphatic carbocycles. The highest BCUT2D eigenvalue weighted by molar-refractivity contribution is 7.12. The van der Waals surface area contributed by atoms with Gasteiger partial charge in [0.05, 0.1) is 16.9 Å². The van der Waals surface area contributed by atoms with Crippen LogP contribution in [-0.4, -0.2) is 5.78 Å². The van der Waals surface area contributed by atoms with Gasteiger partial charge in [-0.15, -0.1) is 11.3 Å². The van der Waals surface area contributed by atoms with Crippen LogP contribution in [0.15, 0.2) is 41.8 Å². The molecule has 0 saturated carbocycles. The van der Waals surface area contributed by atoms with Crippen LogP contribution >= 0.6 is 11.3 Å². The maximum absolute atomic E-state index is 12.0. The van der Waals surface area contributed by atoms with Crippen molar-refractivity contribution in [1.29, 1.82) is 5.26 Å². The zero-order valence-electron chi connectivity index (χ0n) is 9.38. The van der Waals surface area contributed by atoms with Gasteiger partial charge in [-0.25, -0.2) is 0 Å². The van der Waals surface area contributed by atoms with E-state index >= 15 is 0 Å². The van der Waals surface area contributed by atoms with Crippen LogP contribution in [0.5, 0.6) is 0 Å². The van der Waals surface area contributed by atoms with Crippen LogP contribution in [-0.2, 0) is 0 Å². The number of carbonyl (C=O) groups is 1. The molecule has 0 aliphatic rings. The summed E-state index contributed by atoms with van der Waals surface area (Å²) in [4.78, 5) is 12.7. The first-order valence-corrected chi connectivity index (χ1v) is 6.18. The Morgan fingerprint density at radius 2 is 2.00 bits per heavy atom. The molecule has 17 heavy (non-hydrogen) atoms. The predicted octanol–water partition coefficient (Wildman–Crippen LogP) is 3.61. The van der Waals surface area contributed by atoms with E-state index in [-0.39, 0.29) is 11.7 Å². The summed E-state index contributed by atoms with van der Waals surface area (Å²) in [5.41, 5.74) is 1.61. The van der Waals surface area contributed by atoms with Crippen LogP contribution in [0.4, 0.5) is 0 Å². The lowest BCUT2D eigenvalue weighted by atomic mass is 10.00. The van der Waals surface area contributed by atoms with Gasteiger partial charge in [-0.2, -0.15) is 5.26 Å². The van der Waals surface area contributed by atoms with Crippen molar-refractivity contribution in [3.8, 4) is 6.07 Å². The van der Waals surface area contributed by atoms with Crippen molar-refractivity contribution in [3.63, 3.8) is 0 Å². The molecule has 0 saturated heterocycles. The van der Waals surface area contributed by atoms with Crippen LogP contribution in [0, 0.1) is 11.3 Å². The number of benzene rings is 1. The van der Waals surface area contributed by atoms with Crippen LogP contribution in [0.3, 0.4) is 0 Å². The average molecular weight is 241 g/mol. The number of rotatable bonds is 3. The smallest absolute Gasteiger partial charge is 0.202 e. The molecular weight excluding hydrogens is 230 g/mol. The number of thiophene rings is 1. The van der Waals surface area contributed by atoms with Gasteiger partial charge in [0.1, 0.15) is 0 Å². The fraction of sp³-hybridized carbons (Fsp3) is 0.143. The van der Waals surface area contributed by atoms with Gasteiger partial charge in [0.15, 0.2) is 0 Å². The van der Waals surface area contributed by atoms with E-state index in [9.17, 15) is 4.79 Å². The number of hydrogen-bond donors (Lipinski definition) is 0. The van der Waals surface area contributed by atoms with Crippen molar-refractivity contribution < 1.29 is 4.79 Å². The van der Waals surface area contributed by atoms with Gasteiger partial charge in [0, 0.05) is 5.56 Å². The zero-order valence-corrected chi connectivity index (χ0v) is 10.2. The zero-order chi connectivity index (χ0) is 12.3. The Morgan fingerprint density at radius 3 is 2.53 bits per heavy atom. The van der Waals surface area contributed by atoms with E-state index in [2.05, 4.69) is 6.07 Å². The minimum absolute atomic E-state index is 0.0381. The number of ketones is 1. The molecule has 0 aliphatic heterocycles. The maximum Gasteiger partial charge on any atom is 0.202 e. The summed E-state index contributed by atoms with van der Waals surface area (Å²) >= 11 is 1.44. The minimum Gasteiger partial charge on any atom is -0.288 e. The molecule has 84 valence electrons. The summed E-state index contributed by atoms with van der Waals surface area (Å²) in [6.45, 7) is 1.84. The highest BCUT2D eigenvalue weighted by Crippen LogP contribution is 2.18. The number of hydrogen-bond acceptors (Lipinski definition) is 3. The quantitative estimate of drug-likeness (QED) is 0.770. The summed E-state index contributed by atoms with van der Waals surface area (Å²) < 4.78 is 0. The molecule has 3 heteroatoms. The van der Waals surface area contributed by atoms with Gasteiger partial charge >= 0.3 is 0 Å². The topological polar surface area (TPSA) is 40.9 Å². The van der Waals surface area contributed by atoms with Crippen molar-refractivity contribution >= 4 is 17.1 Å². The Kier molecular flexibility index (Phi) is 3.36. The summed E-state index contributed by atoms with van der Waals surface area (Å²) in [7, 11) is 0. The summed E-state index contributed by atoms with van der Waals surface area (Å²) in [5.74, 6) is -0.1000. The molecule has 2 aromatic rings. The summed E-state index contributed by atoms with van der Waals surface area (Å²) in [6.07, 6.45) is 0. The first-order valence-electron chi connectivity index (χ1n) is 5.30. The fourth-order valence-corrected chi connectivity index (χ4v) is 2.23. The van der Waals surface area contributed by atoms with Gasteiger partial charge in [0.2, 0.25) is 5.78 Å². The van der Waals surface area contributed by atoms with Crippen LogP contribution in [0.2, 0.25) is 0 Å². The first-order chi connectivity index (χ1) is 8.22. The molecular formula is C14H11NOS. The van der Waals surface area contributed by atoms with Gasteiger partial charge in [-0.1, -0.05) is 30.3 Å². The van der Waals surface area contributed by atoms with Gasteiger partial charge in [0.25, 0.3) is 0 Å². The van der Waals surface area contributed by atoms with Crippen molar-refractivity contribution in [2.75, 3.05) is 0 Å². The normalized spacial score (nSPS) is 11.8. The van der Waals surface area contributed by atoms with E-state index in [1.54, 1.807) is 12.1 Å². The standard InChI is InChI=1S/C14H11NOS/c1-10(9-15)11-4-6-12(7-5-11)14(16)13-3-2-8-17-13/h2-8,10H,1H3. The highest BCUT2D eigenvalue weighted by atomic mass is 32.1. The van der Waals surface area contributed by atoms with Crippen molar-refractivity contribution in [1.82, 2.24) is 0 Å². The van der Waals surface area contributed by atoms with E-state index in [1.807, 2.05) is 36.6 Å². The second kappa shape index (κ2) is 4.94. The predicted molar refractivity (Wildman–Crippen MR) is 68.2 cm³/mol. The maximum atomic E-state index is 12.0. The largest absolute Gasteiger partial charge is 0.288 e. The minimum atomic E-state index is -0.138. The number of nitriles is 1. The van der Waals surface area contributed by atoms with E-state index in [0.717, 1.165) is 10.4 Å². The molecule has 0 amide bonds. The van der Waals surface area contributed by atoms with Gasteiger partial charge in [-0.05, 0) is 23.9 Å². The molecule has 1 heterocycles. The molecule has 1 atom stereocenters. The second-order valence-electron chi connectivity index (χ2n) is 3.78. The lowest BCUT2D eigenvalue weighted by Crippen LogP contribution is -1.99. The molecule has 0 bridgehead atoms. The lowest BCUT2D eigenvalue weighted by Gasteiger charge is -2.03. The van der Waals surface area contributed by atoms with Crippen LogP contribution in [0.1, 0.15) is 33.6 Å². The molecule has 2 rings (SSSR count). The third-order valence-electron chi connectivity index (χ3n) is 2.61. The molecule has 0 fully saturated rings. The molecule has 0 spiro atoms. The summed E-state index contributed by atoms with van der Waals surface area (Å²) in [5, 5.41) is 10.7. The number of nitrogens with zero attached hydrogens (tertiary/aromatic N) is 1. The van der Waals surface area contributed by atoms with Gasteiger partial charge in [-0.3, -0.25) is 4.79 Å². The van der Waals surface area contributed by atoms with Gasteiger partial charge < -0.3 is 0 Å². The van der Waals surface area contributed by atoms with Crippen molar-refractivity contribution in [2.24, 2.45) is 0 Å². The van der Waals surface area contributed by atoms with Crippen molar-refractivity contribution in [3.05, 3.63) is 57.8 Å². The average Bonchev–Trinajstić information content (AvgIpc) is 2.91. The van der Waals surface area contributed by atoms with E-state index in [4.69, 9.17) is 5.26 Å². The third-order valence-corrected chi connectivity index (χ3v) is 3.48. The highest BCUT2D eigenvalue weighted by Gasteiger charge is 2.10. The second-order valence-corrected chi connectivity index (χ2v) is 4.73. The van der Waals surface area contributed by atoms with Crippen LogP contribution in [0.25, 0.3) is 0 Å². The first kappa shape index (κ1) is 11.6. The van der Waals surface area contributed by atoms with E-state index < -0.39 is 0 Å². The molecule has 1 unspecified atom stereocenters. The molecule has 0 radical (unpaired) electrons. The molecule has 1 aromatic heterocycles. The molecule has 2 nitrogen and oxygen atoms in total. The lowest BCUT2D eigenvalue weighted by molar-refractivity contribution is 0.104. The summed E-state index contributed by atoms with van der Waals surface area (Å²) in [6, 6.07) is 13.1.